The number of aliphatic imine (C=N–C) groups is 1. The molecular weight excluding hydrogens is 869 g/mol. The fourth-order valence-electron chi connectivity index (χ4n) is 10.9. The minimum atomic E-state index is 0.792. The molecule has 0 bridgehead atoms. The third-order valence-corrected chi connectivity index (χ3v) is 14.3. The van der Waals surface area contributed by atoms with Crippen LogP contribution in [-0.4, -0.2) is 20.8 Å². The highest BCUT2D eigenvalue weighted by molar-refractivity contribution is 6.14. The molecule has 0 spiro atoms. The van der Waals surface area contributed by atoms with Crippen molar-refractivity contribution in [3.05, 3.63) is 230 Å². The van der Waals surface area contributed by atoms with Crippen LogP contribution in [0.25, 0.3) is 138 Å². The van der Waals surface area contributed by atoms with Crippen LogP contribution in [0.1, 0.15) is 11.3 Å². The number of aromatic nitrogens is 3. The van der Waals surface area contributed by atoms with Crippen molar-refractivity contribution >= 4 is 89.3 Å². The number of pyridine rings is 1. The second-order valence-corrected chi connectivity index (χ2v) is 18.3. The number of fused-ring (bicyclic) bond motifs is 10. The highest BCUT2D eigenvalue weighted by atomic mass is 16.3. The molecule has 5 heterocycles. The third kappa shape index (κ3) is 6.57. The van der Waals surface area contributed by atoms with Crippen molar-refractivity contribution in [3.63, 3.8) is 0 Å². The van der Waals surface area contributed by atoms with Crippen LogP contribution in [0.5, 0.6) is 0 Å². The number of furan rings is 2. The van der Waals surface area contributed by atoms with Crippen LogP contribution in [0.3, 0.4) is 0 Å². The van der Waals surface area contributed by atoms with Gasteiger partial charge in [-0.25, -0.2) is 0 Å². The van der Waals surface area contributed by atoms with Crippen molar-refractivity contribution in [2.45, 2.75) is 6.92 Å². The number of rotatable bonds is 8. The molecule has 71 heavy (non-hydrogen) atoms. The predicted octanol–water partition coefficient (Wildman–Crippen LogP) is 17.6. The lowest BCUT2D eigenvalue weighted by atomic mass is 9.96. The monoisotopic (exact) mass is 910 g/mol. The Bertz CT molecular complexity index is 4490. The van der Waals surface area contributed by atoms with E-state index in [2.05, 4.69) is 227 Å². The maximum Gasteiger partial charge on any atom is 0.138 e. The molecule has 0 saturated heterocycles. The van der Waals surface area contributed by atoms with Gasteiger partial charge in [-0.15, -0.1) is 0 Å². The summed E-state index contributed by atoms with van der Waals surface area (Å²) < 4.78 is 17.4. The lowest BCUT2D eigenvalue weighted by molar-refractivity contribution is 0.601. The Balaban J connectivity index is 0.886. The van der Waals surface area contributed by atoms with Crippen molar-refractivity contribution in [1.82, 2.24) is 14.1 Å². The average molecular weight is 911 g/mol. The van der Waals surface area contributed by atoms with Gasteiger partial charge in [0.25, 0.3) is 0 Å². The van der Waals surface area contributed by atoms with E-state index in [-0.39, 0.29) is 0 Å². The van der Waals surface area contributed by atoms with Gasteiger partial charge in [-0.2, -0.15) is 0 Å². The van der Waals surface area contributed by atoms with E-state index in [1.165, 1.54) is 21.5 Å². The zero-order chi connectivity index (χ0) is 47.2. The molecule has 0 saturated carbocycles. The van der Waals surface area contributed by atoms with E-state index < -0.39 is 0 Å². The first kappa shape index (κ1) is 40.5. The van der Waals surface area contributed by atoms with Crippen molar-refractivity contribution in [2.75, 3.05) is 0 Å². The molecule has 0 aliphatic rings. The maximum absolute atomic E-state index is 6.31. The largest absolute Gasteiger partial charge is 0.456 e. The molecule has 334 valence electrons. The van der Waals surface area contributed by atoms with Crippen LogP contribution in [-0.2, 0) is 0 Å². The highest BCUT2D eigenvalue weighted by Gasteiger charge is 2.19. The molecule has 0 atom stereocenters. The molecule has 0 amide bonds. The van der Waals surface area contributed by atoms with Gasteiger partial charge in [0.1, 0.15) is 22.5 Å². The molecule has 0 aliphatic carbocycles. The number of aryl methyl sites for hydroxylation is 1. The lowest BCUT2D eigenvalue weighted by Gasteiger charge is -2.10. The van der Waals surface area contributed by atoms with Gasteiger partial charge in [0.15, 0.2) is 0 Å². The first-order chi connectivity index (χ1) is 35.0. The van der Waals surface area contributed by atoms with Crippen molar-refractivity contribution < 1.29 is 8.83 Å². The van der Waals surface area contributed by atoms with E-state index in [4.69, 9.17) is 8.83 Å². The van der Waals surface area contributed by atoms with Crippen LogP contribution in [0.15, 0.2) is 233 Å². The lowest BCUT2D eigenvalue weighted by Crippen LogP contribution is -1.93. The molecule has 0 N–H and O–H groups in total. The smallest absolute Gasteiger partial charge is 0.138 e. The summed E-state index contributed by atoms with van der Waals surface area (Å²) in [5.41, 5.74) is 19.6. The second kappa shape index (κ2) is 16.0. The zero-order valence-corrected chi connectivity index (χ0v) is 38.7. The minimum Gasteiger partial charge on any atom is -0.456 e. The molecule has 0 radical (unpaired) electrons. The van der Waals surface area contributed by atoms with Gasteiger partial charge >= 0.3 is 0 Å². The van der Waals surface area contributed by atoms with Crippen LogP contribution in [0.4, 0.5) is 0 Å². The number of hydrogen-bond donors (Lipinski definition) is 0. The Morgan fingerprint density at radius 2 is 0.859 bits per heavy atom. The summed E-state index contributed by atoms with van der Waals surface area (Å²) in [7, 11) is 0. The molecule has 14 aromatic rings. The molecule has 9 aromatic carbocycles. The number of hydrogen-bond acceptors (Lipinski definition) is 4. The van der Waals surface area contributed by atoms with Crippen molar-refractivity contribution in [2.24, 2.45) is 4.99 Å². The normalized spacial score (nSPS) is 12.0. The van der Waals surface area contributed by atoms with Crippen LogP contribution >= 0.6 is 0 Å². The minimum absolute atomic E-state index is 0.792. The molecule has 5 aromatic heterocycles. The third-order valence-electron chi connectivity index (χ3n) is 14.3. The van der Waals surface area contributed by atoms with E-state index in [1.807, 2.05) is 18.3 Å². The first-order valence-corrected chi connectivity index (χ1v) is 23.9. The molecule has 6 nitrogen and oxygen atoms in total. The Morgan fingerprint density at radius 1 is 0.408 bits per heavy atom. The molecule has 14 rings (SSSR count). The van der Waals surface area contributed by atoms with E-state index >= 15 is 0 Å². The van der Waals surface area contributed by atoms with E-state index in [0.717, 1.165) is 122 Å². The van der Waals surface area contributed by atoms with Gasteiger partial charge < -0.3 is 18.0 Å². The summed E-state index contributed by atoms with van der Waals surface area (Å²) in [5, 5.41) is 7.94. The van der Waals surface area contributed by atoms with Gasteiger partial charge in [0.2, 0.25) is 0 Å². The van der Waals surface area contributed by atoms with E-state index in [0.29, 0.717) is 0 Å². The summed E-state index contributed by atoms with van der Waals surface area (Å²) >= 11 is 0. The van der Waals surface area contributed by atoms with Gasteiger partial charge in [0, 0.05) is 73.2 Å². The molecule has 0 aliphatic heterocycles. The summed E-state index contributed by atoms with van der Waals surface area (Å²) in [6.45, 7) is 5.66. The Hall–Kier alpha value is -9.52. The Labute approximate surface area is 408 Å². The van der Waals surface area contributed by atoms with Gasteiger partial charge in [0.05, 0.1) is 22.1 Å². The fraction of sp³-hybridized carbons (Fsp3) is 0.0154. The van der Waals surface area contributed by atoms with E-state index in [9.17, 15) is 0 Å². The Morgan fingerprint density at radius 3 is 1.37 bits per heavy atom. The van der Waals surface area contributed by atoms with Crippen molar-refractivity contribution in [3.8, 4) is 55.9 Å². The molecule has 0 fully saturated rings. The van der Waals surface area contributed by atoms with E-state index in [1.54, 1.807) is 12.4 Å². The van der Waals surface area contributed by atoms with Gasteiger partial charge in [-0.1, -0.05) is 97.1 Å². The molecular formula is C65H42N4O2. The fourth-order valence-corrected chi connectivity index (χ4v) is 10.9. The standard InChI is InChI=1S/C65H42N4O2/c1-40-51-22-16-47(37-64(51)70-62(40)28-30-66-2)45-20-26-60-55(35-45)53-33-43(18-24-58(53)68(60)49-12-5-3-6-13-49)41-10-9-11-42(32-41)44-19-25-59-54(34-44)56-36-46(21-27-61(56)69(59)50-14-7-4-8-15-50)48-17-23-52-57-39-67-31-29-63(57)71-65(52)38-48/h3-39H,2H2,1H3/b30-28-. The highest BCUT2D eigenvalue weighted by Crippen LogP contribution is 2.42. The number of nitrogens with zero attached hydrogens (tertiary/aromatic N) is 4. The Kier molecular flexibility index (Phi) is 9.16. The average Bonchev–Trinajstić information content (AvgIpc) is 4.17. The SMILES string of the molecule is C=N/C=C\c1oc2cc(-c3ccc4c(c3)c3cc(-c5cccc(-c6ccc7c(c6)c6cc(-c8ccc9c(c8)oc8ccncc89)ccc6n7-c6ccccc6)c5)ccc3n4-c3ccccc3)ccc2c1C. The maximum atomic E-state index is 6.31. The molecule has 0 unspecified atom stereocenters. The predicted molar refractivity (Wildman–Crippen MR) is 295 cm³/mol. The first-order valence-electron chi connectivity index (χ1n) is 23.9. The summed E-state index contributed by atoms with van der Waals surface area (Å²) in [6.07, 6.45) is 7.18. The number of para-hydroxylation sites is 2. The summed E-state index contributed by atoms with van der Waals surface area (Å²) in [4.78, 5) is 8.22. The van der Waals surface area contributed by atoms with Crippen LogP contribution in [0, 0.1) is 6.92 Å². The topological polar surface area (TPSA) is 61.4 Å². The zero-order valence-electron chi connectivity index (χ0n) is 38.7. The van der Waals surface area contributed by atoms with Crippen molar-refractivity contribution in [1.29, 1.82) is 0 Å². The quantitative estimate of drug-likeness (QED) is 0.143. The number of benzene rings is 9. The summed E-state index contributed by atoms with van der Waals surface area (Å²) in [6, 6.07) is 72.6. The van der Waals surface area contributed by atoms with Crippen LogP contribution in [0.2, 0.25) is 0 Å². The summed E-state index contributed by atoms with van der Waals surface area (Å²) in [5.74, 6) is 0.792. The second-order valence-electron chi connectivity index (χ2n) is 18.3. The van der Waals surface area contributed by atoms with Crippen LogP contribution < -0.4 is 0 Å². The molecule has 6 heteroatoms. The van der Waals surface area contributed by atoms with Gasteiger partial charge in [-0.3, -0.25) is 9.98 Å². The van der Waals surface area contributed by atoms with Gasteiger partial charge in [-0.05, 0) is 167 Å².